The van der Waals surface area contributed by atoms with E-state index in [1.165, 1.54) is 0 Å². The molecule has 1 fully saturated rings. The van der Waals surface area contributed by atoms with E-state index >= 15 is 0 Å². The van der Waals surface area contributed by atoms with Gasteiger partial charge in [-0.05, 0) is 0 Å². The molecule has 0 saturated carbocycles. The summed E-state index contributed by atoms with van der Waals surface area (Å²) in [4.78, 5) is 0. The van der Waals surface area contributed by atoms with Gasteiger partial charge in [-0.25, -0.2) is 0 Å². The molecule has 0 spiro atoms. The van der Waals surface area contributed by atoms with Crippen molar-refractivity contribution in [1.29, 1.82) is 0 Å². The van der Waals surface area contributed by atoms with Crippen molar-refractivity contribution < 1.29 is 9.47 Å². The fourth-order valence-electron chi connectivity index (χ4n) is 0.808. The Morgan fingerprint density at radius 2 is 2.60 bits per heavy atom. The summed E-state index contributed by atoms with van der Waals surface area (Å²) in [6, 6.07) is 0.198. The topological polar surface area (TPSA) is 21.7 Å². The molecule has 0 radical (unpaired) electrons. The van der Waals surface area contributed by atoms with Gasteiger partial charge in [0.05, 0.1) is 13.2 Å². The van der Waals surface area contributed by atoms with Crippen LogP contribution >= 0.6 is 21.0 Å². The Kier molecular flexibility index (Phi) is 3.89. The zero-order valence-electron chi connectivity index (χ0n) is 5.62. The van der Waals surface area contributed by atoms with Crippen molar-refractivity contribution in [2.45, 2.75) is 6.29 Å². The van der Waals surface area contributed by atoms with Gasteiger partial charge in [-0.3, -0.25) is 4.67 Å². The first-order valence-electron chi connectivity index (χ1n) is 3.11. The van der Waals surface area contributed by atoms with E-state index in [0.29, 0.717) is 6.61 Å². The lowest BCUT2D eigenvalue weighted by atomic mass is 10.5. The largest absolute Gasteiger partial charge is 0.350 e. The number of hydrogen-bond acceptors (Lipinski definition) is 3. The first-order valence-corrected chi connectivity index (χ1v) is 4.17. The van der Waals surface area contributed by atoms with Gasteiger partial charge in [0.1, 0.15) is 6.07 Å². The molecule has 1 saturated heterocycles. The first kappa shape index (κ1) is 8.69. The molecule has 5 heteroatoms. The quantitative estimate of drug-likeness (QED) is 0.464. The molecule has 60 valence electrons. The van der Waals surface area contributed by atoms with Gasteiger partial charge in [-0.1, -0.05) is 21.0 Å². The van der Waals surface area contributed by atoms with Crippen molar-refractivity contribution in [2.24, 2.45) is 0 Å². The fraction of sp³-hybridized carbons (Fsp3) is 1.00. The summed E-state index contributed by atoms with van der Waals surface area (Å²) in [6.07, 6.45) is -0.149. The van der Waals surface area contributed by atoms with Gasteiger partial charge in [-0.2, -0.15) is 0 Å². The molecule has 2 unspecified atom stereocenters. The van der Waals surface area contributed by atoms with Crippen LogP contribution in [-0.4, -0.2) is 36.7 Å². The van der Waals surface area contributed by atoms with E-state index in [1.54, 1.807) is 0 Å². The molecular formula is C5H11ClNO2P. The lowest BCUT2D eigenvalue weighted by Crippen LogP contribution is -2.38. The SMILES string of the molecule is PN1CCOC(OCCl)C1. The van der Waals surface area contributed by atoms with Crippen LogP contribution in [0.25, 0.3) is 0 Å². The van der Waals surface area contributed by atoms with Gasteiger partial charge in [0.25, 0.3) is 0 Å². The predicted molar refractivity (Wildman–Crippen MR) is 42.8 cm³/mol. The Morgan fingerprint density at radius 1 is 1.80 bits per heavy atom. The monoisotopic (exact) mass is 183 g/mol. The molecule has 0 amide bonds. The highest BCUT2D eigenvalue weighted by molar-refractivity contribution is 7.13. The Balaban J connectivity index is 2.18. The third kappa shape index (κ3) is 2.69. The zero-order chi connectivity index (χ0) is 7.40. The second-order valence-corrected chi connectivity index (χ2v) is 3.02. The zero-order valence-corrected chi connectivity index (χ0v) is 7.54. The molecule has 0 bridgehead atoms. The highest BCUT2D eigenvalue weighted by Crippen LogP contribution is 2.09. The van der Waals surface area contributed by atoms with Crippen LogP contribution in [0.5, 0.6) is 0 Å². The first-order chi connectivity index (χ1) is 4.83. The number of halogens is 1. The second-order valence-electron chi connectivity index (χ2n) is 2.07. The van der Waals surface area contributed by atoms with Crippen molar-refractivity contribution in [2.75, 3.05) is 25.8 Å². The third-order valence-electron chi connectivity index (χ3n) is 1.31. The maximum absolute atomic E-state index is 5.36. The van der Waals surface area contributed by atoms with Gasteiger partial charge >= 0.3 is 0 Å². The average Bonchev–Trinajstić information content (AvgIpc) is 1.88. The number of ether oxygens (including phenoxy) is 2. The van der Waals surface area contributed by atoms with Crippen LogP contribution in [0.2, 0.25) is 0 Å². The molecule has 1 heterocycles. The molecule has 3 nitrogen and oxygen atoms in total. The van der Waals surface area contributed by atoms with Crippen molar-refractivity contribution in [3.8, 4) is 0 Å². The maximum Gasteiger partial charge on any atom is 0.172 e. The van der Waals surface area contributed by atoms with Crippen LogP contribution in [0.1, 0.15) is 0 Å². The summed E-state index contributed by atoms with van der Waals surface area (Å²) in [5, 5.41) is 0. The Hall–Kier alpha value is 0.600. The minimum absolute atomic E-state index is 0.149. The van der Waals surface area contributed by atoms with Crippen LogP contribution in [0, 0.1) is 0 Å². The van der Waals surface area contributed by atoms with Gasteiger partial charge in [0, 0.05) is 6.54 Å². The molecule has 0 aromatic heterocycles. The van der Waals surface area contributed by atoms with E-state index in [0.717, 1.165) is 13.1 Å². The number of morpholine rings is 1. The van der Waals surface area contributed by atoms with Gasteiger partial charge in [0.2, 0.25) is 0 Å². The highest BCUT2D eigenvalue weighted by atomic mass is 35.5. The van der Waals surface area contributed by atoms with E-state index < -0.39 is 0 Å². The summed E-state index contributed by atoms with van der Waals surface area (Å²) in [7, 11) is 2.61. The molecule has 0 aliphatic carbocycles. The summed E-state index contributed by atoms with van der Waals surface area (Å²) >= 11 is 5.36. The van der Waals surface area contributed by atoms with Gasteiger partial charge in [-0.15, -0.1) is 0 Å². The minimum atomic E-state index is -0.149. The van der Waals surface area contributed by atoms with Gasteiger partial charge in [0.15, 0.2) is 6.29 Å². The van der Waals surface area contributed by atoms with Crippen molar-refractivity contribution in [3.05, 3.63) is 0 Å². The predicted octanol–water partition coefficient (Wildman–Crippen LogP) is 0.648. The van der Waals surface area contributed by atoms with Crippen molar-refractivity contribution >= 4 is 21.0 Å². The van der Waals surface area contributed by atoms with Crippen LogP contribution in [0.3, 0.4) is 0 Å². The number of nitrogens with zero attached hydrogens (tertiary/aromatic N) is 1. The summed E-state index contributed by atoms with van der Waals surface area (Å²) in [6.45, 7) is 2.43. The Bertz CT molecular complexity index is 104. The van der Waals surface area contributed by atoms with E-state index in [-0.39, 0.29) is 12.4 Å². The average molecular weight is 184 g/mol. The van der Waals surface area contributed by atoms with Crippen molar-refractivity contribution in [1.82, 2.24) is 4.67 Å². The number of alkyl halides is 1. The lowest BCUT2D eigenvalue weighted by molar-refractivity contribution is -0.155. The van der Waals surface area contributed by atoms with Crippen LogP contribution in [-0.2, 0) is 9.47 Å². The van der Waals surface area contributed by atoms with Crippen LogP contribution in [0.15, 0.2) is 0 Å². The molecule has 0 aromatic carbocycles. The molecule has 0 N–H and O–H groups in total. The van der Waals surface area contributed by atoms with Crippen LogP contribution in [0.4, 0.5) is 0 Å². The molecule has 1 aliphatic rings. The van der Waals surface area contributed by atoms with E-state index in [1.807, 2.05) is 0 Å². The van der Waals surface area contributed by atoms with E-state index in [2.05, 4.69) is 14.1 Å². The smallest absolute Gasteiger partial charge is 0.172 e. The summed E-state index contributed by atoms with van der Waals surface area (Å²) < 4.78 is 12.3. The molecule has 0 aromatic rings. The summed E-state index contributed by atoms with van der Waals surface area (Å²) in [5.74, 6) is 0. The van der Waals surface area contributed by atoms with E-state index in [9.17, 15) is 0 Å². The Labute approximate surface area is 67.9 Å². The Morgan fingerprint density at radius 3 is 3.20 bits per heavy atom. The summed E-state index contributed by atoms with van der Waals surface area (Å²) in [5.41, 5.74) is 0. The third-order valence-corrected chi connectivity index (χ3v) is 1.91. The van der Waals surface area contributed by atoms with E-state index in [4.69, 9.17) is 21.1 Å². The van der Waals surface area contributed by atoms with Crippen molar-refractivity contribution in [3.63, 3.8) is 0 Å². The second kappa shape index (κ2) is 4.47. The van der Waals surface area contributed by atoms with Gasteiger partial charge < -0.3 is 9.47 Å². The number of rotatable bonds is 2. The molecule has 1 rings (SSSR count). The lowest BCUT2D eigenvalue weighted by Gasteiger charge is -2.28. The van der Waals surface area contributed by atoms with Crippen LogP contribution < -0.4 is 0 Å². The molecular weight excluding hydrogens is 172 g/mol. The minimum Gasteiger partial charge on any atom is -0.350 e. The number of hydrogen-bond donors (Lipinski definition) is 0. The maximum atomic E-state index is 5.36. The molecule has 10 heavy (non-hydrogen) atoms. The standard InChI is InChI=1S/C5H11ClNO2P/c6-4-9-5-3-7(10)1-2-8-5/h5H,1-4,10H2. The highest BCUT2D eigenvalue weighted by Gasteiger charge is 2.17. The fourth-order valence-corrected chi connectivity index (χ4v) is 1.23. The molecule has 1 aliphatic heterocycles. The molecule has 2 atom stereocenters. The normalized spacial score (nSPS) is 28.8.